The van der Waals surface area contributed by atoms with E-state index in [-0.39, 0.29) is 13.1 Å². The first-order valence-electron chi connectivity index (χ1n) is 6.23. The van der Waals surface area contributed by atoms with Gasteiger partial charge in [0, 0.05) is 24.7 Å². The highest BCUT2D eigenvalue weighted by Crippen LogP contribution is 2.32. The fourth-order valence-corrected chi connectivity index (χ4v) is 2.45. The molecule has 0 bridgehead atoms. The van der Waals surface area contributed by atoms with E-state index in [1.54, 1.807) is 12.1 Å². The zero-order valence-corrected chi connectivity index (χ0v) is 11.0. The maximum atomic E-state index is 11.3. The maximum Gasteiger partial charge on any atom is 0.407 e. The van der Waals surface area contributed by atoms with Crippen LogP contribution in [0.4, 0.5) is 4.79 Å². The van der Waals surface area contributed by atoms with Gasteiger partial charge in [-0.2, -0.15) is 0 Å². The maximum absolute atomic E-state index is 11.3. The van der Waals surface area contributed by atoms with Gasteiger partial charge in [0.15, 0.2) is 0 Å². The van der Waals surface area contributed by atoms with Crippen LogP contribution in [0.5, 0.6) is 5.75 Å². The lowest BCUT2D eigenvalue weighted by atomic mass is 9.83. The van der Waals surface area contributed by atoms with Crippen molar-refractivity contribution in [3.05, 3.63) is 24.0 Å². The van der Waals surface area contributed by atoms with Crippen molar-refractivity contribution in [3.8, 4) is 5.75 Å². The summed E-state index contributed by atoms with van der Waals surface area (Å²) in [5.41, 5.74) is 0.573. The molecule has 20 heavy (non-hydrogen) atoms. The molecule has 0 spiro atoms. The van der Waals surface area contributed by atoms with E-state index in [0.29, 0.717) is 17.9 Å². The van der Waals surface area contributed by atoms with Crippen LogP contribution < -0.4 is 4.74 Å². The van der Waals surface area contributed by atoms with Crippen LogP contribution in [-0.4, -0.2) is 52.4 Å². The number of pyridine rings is 1. The SMILES string of the molecule is COc1ccc([C@@H]2CN(C(=O)O)CC[C@H]2C(=O)O)nc1. The Morgan fingerprint density at radius 1 is 1.40 bits per heavy atom. The molecule has 2 N–H and O–H groups in total. The Morgan fingerprint density at radius 3 is 2.65 bits per heavy atom. The van der Waals surface area contributed by atoms with Crippen LogP contribution >= 0.6 is 0 Å². The summed E-state index contributed by atoms with van der Waals surface area (Å²) < 4.78 is 5.01. The number of carbonyl (C=O) groups is 2. The molecule has 0 saturated carbocycles. The molecule has 1 fully saturated rings. The monoisotopic (exact) mass is 280 g/mol. The molecule has 7 heteroatoms. The highest BCUT2D eigenvalue weighted by Gasteiger charge is 2.37. The molecule has 1 aromatic heterocycles. The minimum Gasteiger partial charge on any atom is -0.495 e. The molecule has 1 saturated heterocycles. The molecule has 1 aliphatic heterocycles. The van der Waals surface area contributed by atoms with Crippen molar-refractivity contribution in [2.24, 2.45) is 5.92 Å². The van der Waals surface area contributed by atoms with Crippen molar-refractivity contribution in [2.45, 2.75) is 12.3 Å². The number of aromatic nitrogens is 1. The minimum atomic E-state index is -1.03. The first-order valence-corrected chi connectivity index (χ1v) is 6.23. The first-order chi connectivity index (χ1) is 9.52. The van der Waals surface area contributed by atoms with Crippen molar-refractivity contribution in [1.29, 1.82) is 0 Å². The van der Waals surface area contributed by atoms with Gasteiger partial charge in [0.05, 0.1) is 19.2 Å². The van der Waals surface area contributed by atoms with Gasteiger partial charge in [0.25, 0.3) is 0 Å². The van der Waals surface area contributed by atoms with Gasteiger partial charge in [-0.15, -0.1) is 0 Å². The van der Waals surface area contributed by atoms with Gasteiger partial charge in [-0.1, -0.05) is 0 Å². The Hall–Kier alpha value is -2.31. The molecule has 1 aromatic rings. The Balaban J connectivity index is 2.25. The molecule has 0 unspecified atom stereocenters. The number of hydrogen-bond acceptors (Lipinski definition) is 4. The van der Waals surface area contributed by atoms with Crippen molar-refractivity contribution in [1.82, 2.24) is 9.88 Å². The van der Waals surface area contributed by atoms with Crippen LogP contribution in [0.25, 0.3) is 0 Å². The van der Waals surface area contributed by atoms with Gasteiger partial charge in [-0.3, -0.25) is 9.78 Å². The Morgan fingerprint density at radius 2 is 2.15 bits per heavy atom. The summed E-state index contributed by atoms with van der Waals surface area (Å²) >= 11 is 0. The summed E-state index contributed by atoms with van der Waals surface area (Å²) in [5.74, 6) is -1.40. The number of rotatable bonds is 3. The summed E-state index contributed by atoms with van der Waals surface area (Å²) in [6, 6.07) is 3.38. The second kappa shape index (κ2) is 5.77. The molecular formula is C13H16N2O5. The van der Waals surface area contributed by atoms with Crippen LogP contribution in [0, 0.1) is 5.92 Å². The summed E-state index contributed by atoms with van der Waals surface area (Å²) in [4.78, 5) is 27.8. The number of ether oxygens (including phenoxy) is 1. The predicted octanol–water partition coefficient (Wildman–Crippen LogP) is 1.26. The average Bonchev–Trinajstić information content (AvgIpc) is 2.46. The number of likely N-dealkylation sites (tertiary alicyclic amines) is 1. The Kier molecular flexibility index (Phi) is 4.07. The van der Waals surface area contributed by atoms with Crippen LogP contribution in [-0.2, 0) is 4.79 Å². The molecule has 7 nitrogen and oxygen atoms in total. The normalized spacial score (nSPS) is 22.4. The molecule has 108 valence electrons. The third kappa shape index (κ3) is 2.81. The van der Waals surface area contributed by atoms with Gasteiger partial charge >= 0.3 is 12.1 Å². The fourth-order valence-electron chi connectivity index (χ4n) is 2.45. The van der Waals surface area contributed by atoms with E-state index in [1.807, 2.05) is 0 Å². The fraction of sp³-hybridized carbons (Fsp3) is 0.462. The minimum absolute atomic E-state index is 0.144. The molecule has 0 aromatic carbocycles. The lowest BCUT2D eigenvalue weighted by molar-refractivity contribution is -0.144. The number of carboxylic acids is 1. The molecule has 1 amide bonds. The average molecular weight is 280 g/mol. The Labute approximate surface area is 115 Å². The van der Waals surface area contributed by atoms with Crippen molar-refractivity contribution in [3.63, 3.8) is 0 Å². The largest absolute Gasteiger partial charge is 0.495 e. The van der Waals surface area contributed by atoms with E-state index >= 15 is 0 Å². The number of hydrogen-bond donors (Lipinski definition) is 2. The summed E-state index contributed by atoms with van der Waals surface area (Å²) in [6.07, 6.45) is 0.765. The van der Waals surface area contributed by atoms with Gasteiger partial charge in [-0.05, 0) is 18.6 Å². The van der Waals surface area contributed by atoms with E-state index < -0.39 is 23.9 Å². The van der Waals surface area contributed by atoms with Crippen LogP contribution in [0.3, 0.4) is 0 Å². The number of aliphatic carboxylic acids is 1. The predicted molar refractivity (Wildman–Crippen MR) is 68.9 cm³/mol. The highest BCUT2D eigenvalue weighted by atomic mass is 16.5. The quantitative estimate of drug-likeness (QED) is 0.864. The standard InChI is InChI=1S/C13H16N2O5/c1-20-8-2-3-11(14-6-8)10-7-15(13(18)19)5-4-9(10)12(16)17/h2-3,6,9-10H,4-5,7H2,1H3,(H,16,17)(H,18,19)/t9-,10-/m1/s1. The van der Waals surface area contributed by atoms with Gasteiger partial charge in [-0.25, -0.2) is 4.79 Å². The third-order valence-corrected chi connectivity index (χ3v) is 3.58. The van der Waals surface area contributed by atoms with Crippen molar-refractivity contribution < 1.29 is 24.5 Å². The topological polar surface area (TPSA) is 100.0 Å². The smallest absolute Gasteiger partial charge is 0.407 e. The first kappa shape index (κ1) is 14.1. The number of methoxy groups -OCH3 is 1. The summed E-state index contributed by atoms with van der Waals surface area (Å²) in [6.45, 7) is 0.380. The molecule has 0 aliphatic carbocycles. The van der Waals surface area contributed by atoms with E-state index in [9.17, 15) is 14.7 Å². The van der Waals surface area contributed by atoms with E-state index in [1.165, 1.54) is 18.2 Å². The molecule has 1 aliphatic rings. The molecule has 2 rings (SSSR count). The summed E-state index contributed by atoms with van der Waals surface area (Å²) in [5, 5.41) is 18.3. The molecule has 2 atom stereocenters. The van der Waals surface area contributed by atoms with E-state index in [0.717, 1.165) is 0 Å². The number of carboxylic acid groups (broad SMARTS) is 2. The third-order valence-electron chi connectivity index (χ3n) is 3.58. The van der Waals surface area contributed by atoms with Crippen molar-refractivity contribution in [2.75, 3.05) is 20.2 Å². The molecule has 2 heterocycles. The van der Waals surface area contributed by atoms with Gasteiger partial charge in [0.1, 0.15) is 5.75 Å². The lowest BCUT2D eigenvalue weighted by Gasteiger charge is -2.34. The second-order valence-electron chi connectivity index (χ2n) is 4.69. The molecule has 0 radical (unpaired) electrons. The van der Waals surface area contributed by atoms with Gasteiger partial charge < -0.3 is 19.8 Å². The zero-order chi connectivity index (χ0) is 14.7. The zero-order valence-electron chi connectivity index (χ0n) is 11.0. The van der Waals surface area contributed by atoms with Crippen molar-refractivity contribution >= 4 is 12.1 Å². The van der Waals surface area contributed by atoms with Crippen LogP contribution in [0.2, 0.25) is 0 Å². The number of amides is 1. The number of nitrogens with zero attached hydrogens (tertiary/aromatic N) is 2. The van der Waals surface area contributed by atoms with E-state index in [2.05, 4.69) is 4.98 Å². The number of piperidine rings is 1. The van der Waals surface area contributed by atoms with Crippen LogP contribution in [0.15, 0.2) is 18.3 Å². The lowest BCUT2D eigenvalue weighted by Crippen LogP contribution is -2.44. The van der Waals surface area contributed by atoms with Gasteiger partial charge in [0.2, 0.25) is 0 Å². The van der Waals surface area contributed by atoms with E-state index in [4.69, 9.17) is 9.84 Å². The summed E-state index contributed by atoms with van der Waals surface area (Å²) in [7, 11) is 1.52. The molecular weight excluding hydrogens is 264 g/mol. The second-order valence-corrected chi connectivity index (χ2v) is 4.69. The Bertz CT molecular complexity index is 502. The van der Waals surface area contributed by atoms with Crippen LogP contribution in [0.1, 0.15) is 18.0 Å². The highest BCUT2D eigenvalue weighted by molar-refractivity contribution is 5.72.